The van der Waals surface area contributed by atoms with Crippen LogP contribution in [0, 0.1) is 6.92 Å². The number of para-hydroxylation sites is 2. The fourth-order valence-electron chi connectivity index (χ4n) is 2.26. The number of aryl methyl sites for hydroxylation is 1. The summed E-state index contributed by atoms with van der Waals surface area (Å²) in [5, 5.41) is 15.8. The standard InChI is InChI=1S/C16H11N3O3/c1-10-6-8-11(9-7-10)19-14(16(20)22-18-19)15-17-12-4-2-3-5-13(12)21-15/h2-9H,1H3. The predicted molar refractivity (Wildman–Crippen MR) is 75.2 cm³/mol. The highest BCUT2D eigenvalue weighted by molar-refractivity contribution is 5.75. The summed E-state index contributed by atoms with van der Waals surface area (Å²) in [5.41, 5.74) is 3.26. The van der Waals surface area contributed by atoms with E-state index < -0.39 is 5.95 Å². The van der Waals surface area contributed by atoms with E-state index in [0.717, 1.165) is 5.56 Å². The molecular formula is C16H11N3O3. The molecule has 0 amide bonds. The molecule has 0 bridgehead atoms. The molecule has 4 rings (SSSR count). The zero-order valence-corrected chi connectivity index (χ0v) is 11.7. The molecule has 6 heteroatoms. The number of fused-ring (bicyclic) bond motifs is 1. The third-order valence-electron chi connectivity index (χ3n) is 3.39. The summed E-state index contributed by atoms with van der Waals surface area (Å²) in [6.45, 7) is 1.98. The first-order chi connectivity index (χ1) is 10.7. The van der Waals surface area contributed by atoms with E-state index in [9.17, 15) is 5.11 Å². The fraction of sp³-hybridized carbons (Fsp3) is 0.0625. The van der Waals surface area contributed by atoms with Crippen LogP contribution < -0.4 is 9.79 Å². The molecule has 2 aromatic carbocycles. The molecule has 0 unspecified atom stereocenters. The van der Waals surface area contributed by atoms with Crippen LogP contribution in [0.25, 0.3) is 28.4 Å². The van der Waals surface area contributed by atoms with E-state index >= 15 is 0 Å². The van der Waals surface area contributed by atoms with Crippen molar-refractivity contribution in [1.29, 1.82) is 0 Å². The van der Waals surface area contributed by atoms with Crippen molar-refractivity contribution in [2.45, 2.75) is 6.92 Å². The van der Waals surface area contributed by atoms with Gasteiger partial charge in [0, 0.05) is 12.1 Å². The Morgan fingerprint density at radius 3 is 2.59 bits per heavy atom. The second-order valence-corrected chi connectivity index (χ2v) is 4.94. The summed E-state index contributed by atoms with van der Waals surface area (Å²) in [7, 11) is 0. The molecule has 0 saturated heterocycles. The molecule has 0 radical (unpaired) electrons. The quantitative estimate of drug-likeness (QED) is 0.529. The van der Waals surface area contributed by atoms with Crippen molar-refractivity contribution in [3.05, 3.63) is 54.1 Å². The van der Waals surface area contributed by atoms with E-state index in [1.807, 2.05) is 49.4 Å². The highest BCUT2D eigenvalue weighted by atomic mass is 16.6. The lowest BCUT2D eigenvalue weighted by Crippen LogP contribution is -2.34. The molecule has 6 nitrogen and oxygen atoms in total. The van der Waals surface area contributed by atoms with E-state index in [-0.39, 0.29) is 11.6 Å². The topological polar surface area (TPSA) is 79.0 Å². The van der Waals surface area contributed by atoms with E-state index in [2.05, 4.69) is 10.3 Å². The van der Waals surface area contributed by atoms with Crippen LogP contribution in [-0.4, -0.2) is 10.3 Å². The summed E-state index contributed by atoms with van der Waals surface area (Å²) in [5.74, 6) is -0.403. The van der Waals surface area contributed by atoms with Gasteiger partial charge in [0.25, 0.3) is 5.89 Å². The van der Waals surface area contributed by atoms with E-state index in [4.69, 9.17) is 8.94 Å². The lowest BCUT2D eigenvalue weighted by Gasteiger charge is -1.94. The minimum atomic E-state index is -0.591. The number of nitrogens with zero attached hydrogens (tertiary/aromatic N) is 3. The zero-order valence-electron chi connectivity index (χ0n) is 11.7. The monoisotopic (exact) mass is 293 g/mol. The molecule has 0 saturated carbocycles. The van der Waals surface area contributed by atoms with Crippen LogP contribution in [-0.2, 0) is 0 Å². The van der Waals surface area contributed by atoms with Gasteiger partial charge in [-0.25, -0.2) is 4.98 Å². The van der Waals surface area contributed by atoms with Crippen LogP contribution in [0.4, 0.5) is 0 Å². The first-order valence-electron chi connectivity index (χ1n) is 6.74. The maximum absolute atomic E-state index is 12.0. The van der Waals surface area contributed by atoms with Crippen LogP contribution in [0.3, 0.4) is 0 Å². The van der Waals surface area contributed by atoms with Crippen molar-refractivity contribution < 1.29 is 18.7 Å². The van der Waals surface area contributed by atoms with Gasteiger partial charge in [-0.1, -0.05) is 29.8 Å². The Kier molecular flexibility index (Phi) is 2.69. The minimum absolute atomic E-state index is 0.167. The average Bonchev–Trinajstić information content (AvgIpc) is 3.11. The van der Waals surface area contributed by atoms with Crippen molar-refractivity contribution >= 4 is 11.1 Å². The van der Waals surface area contributed by atoms with Crippen molar-refractivity contribution in [1.82, 2.24) is 10.3 Å². The van der Waals surface area contributed by atoms with E-state index in [1.165, 1.54) is 4.68 Å². The van der Waals surface area contributed by atoms with Gasteiger partial charge >= 0.3 is 5.69 Å². The summed E-state index contributed by atoms with van der Waals surface area (Å²) >= 11 is 0. The van der Waals surface area contributed by atoms with Crippen LogP contribution in [0.2, 0.25) is 0 Å². The van der Waals surface area contributed by atoms with Gasteiger partial charge in [0.05, 0.1) is 5.27 Å². The van der Waals surface area contributed by atoms with Gasteiger partial charge in [-0.15, -0.1) is 0 Å². The lowest BCUT2D eigenvalue weighted by atomic mass is 10.2. The lowest BCUT2D eigenvalue weighted by molar-refractivity contribution is -0.660. The molecule has 22 heavy (non-hydrogen) atoms. The maximum atomic E-state index is 12.0. The molecule has 2 aromatic heterocycles. The van der Waals surface area contributed by atoms with Gasteiger partial charge in [0.2, 0.25) is 5.69 Å². The normalized spacial score (nSPS) is 11.1. The van der Waals surface area contributed by atoms with Crippen molar-refractivity contribution in [3.8, 4) is 23.2 Å². The van der Waals surface area contributed by atoms with Crippen LogP contribution >= 0.6 is 0 Å². The number of rotatable bonds is 2. The fourth-order valence-corrected chi connectivity index (χ4v) is 2.26. The van der Waals surface area contributed by atoms with E-state index in [0.29, 0.717) is 16.8 Å². The highest BCUT2D eigenvalue weighted by Gasteiger charge is 2.27. The molecule has 0 aliphatic carbocycles. The van der Waals surface area contributed by atoms with Crippen molar-refractivity contribution in [2.24, 2.45) is 0 Å². The van der Waals surface area contributed by atoms with Crippen LogP contribution in [0.1, 0.15) is 5.56 Å². The highest BCUT2D eigenvalue weighted by Crippen LogP contribution is 2.27. The average molecular weight is 293 g/mol. The second-order valence-electron chi connectivity index (χ2n) is 4.94. The molecule has 0 N–H and O–H groups in total. The summed E-state index contributed by atoms with van der Waals surface area (Å²) in [4.78, 5) is 4.33. The van der Waals surface area contributed by atoms with Crippen molar-refractivity contribution in [2.75, 3.05) is 0 Å². The molecule has 4 aromatic rings. The Morgan fingerprint density at radius 2 is 1.82 bits per heavy atom. The van der Waals surface area contributed by atoms with Gasteiger partial charge in [0.15, 0.2) is 11.5 Å². The molecule has 0 atom stereocenters. The van der Waals surface area contributed by atoms with Gasteiger partial charge in [-0.2, -0.15) is 0 Å². The Bertz CT molecular complexity index is 921. The minimum Gasteiger partial charge on any atom is -0.538 e. The summed E-state index contributed by atoms with van der Waals surface area (Å²) < 4.78 is 11.8. The first kappa shape index (κ1) is 12.6. The zero-order chi connectivity index (χ0) is 15.1. The van der Waals surface area contributed by atoms with Crippen LogP contribution in [0.15, 0.2) is 57.5 Å². The van der Waals surface area contributed by atoms with Gasteiger partial charge in [-0.05, 0) is 23.7 Å². The SMILES string of the molecule is Cc1ccc(-[n+]2noc([O-])c2-c2nc3ccccc3o2)cc1. The van der Waals surface area contributed by atoms with Crippen LogP contribution in [0.5, 0.6) is 5.95 Å². The largest absolute Gasteiger partial charge is 0.538 e. The molecule has 0 spiro atoms. The molecule has 108 valence electrons. The predicted octanol–water partition coefficient (Wildman–Crippen LogP) is 2.14. The first-order valence-corrected chi connectivity index (χ1v) is 6.74. The smallest absolute Gasteiger partial charge is 0.325 e. The molecule has 0 aliphatic heterocycles. The summed E-state index contributed by atoms with van der Waals surface area (Å²) in [6, 6.07) is 14.9. The number of benzene rings is 2. The molecule has 0 fully saturated rings. The van der Waals surface area contributed by atoms with Gasteiger partial charge in [0.1, 0.15) is 5.52 Å². The summed E-state index contributed by atoms with van der Waals surface area (Å²) in [6.07, 6.45) is 0. The van der Waals surface area contributed by atoms with Gasteiger partial charge in [-0.3, -0.25) is 0 Å². The number of aromatic nitrogens is 3. The number of hydrogen-bond acceptors (Lipinski definition) is 5. The Hall–Kier alpha value is -3.15. The second kappa shape index (κ2) is 4.70. The Balaban J connectivity index is 1.91. The number of hydrogen-bond donors (Lipinski definition) is 0. The third-order valence-corrected chi connectivity index (χ3v) is 3.39. The van der Waals surface area contributed by atoms with Crippen molar-refractivity contribution in [3.63, 3.8) is 0 Å². The third kappa shape index (κ3) is 1.93. The van der Waals surface area contributed by atoms with E-state index in [1.54, 1.807) is 6.07 Å². The molecule has 0 aliphatic rings. The number of oxazole rings is 1. The van der Waals surface area contributed by atoms with Gasteiger partial charge < -0.3 is 14.0 Å². The Morgan fingerprint density at radius 1 is 1.05 bits per heavy atom. The molecule has 2 heterocycles. The Labute approximate surface area is 125 Å². The molecular weight excluding hydrogens is 282 g/mol. The maximum Gasteiger partial charge on any atom is 0.325 e.